The van der Waals surface area contributed by atoms with Gasteiger partial charge in [-0.25, -0.2) is 0 Å². The Balaban J connectivity index is 1.39. The first-order valence-electron chi connectivity index (χ1n) is 14.1. The van der Waals surface area contributed by atoms with E-state index >= 15 is 0 Å². The van der Waals surface area contributed by atoms with Crippen molar-refractivity contribution in [3.63, 3.8) is 0 Å². The van der Waals surface area contributed by atoms with Gasteiger partial charge in [0.2, 0.25) is 0 Å². The number of Topliss-reactive ketones (excluding diaryl/α,β-unsaturated/α-hetero) is 1. The monoisotopic (exact) mass is 468 g/mol. The molecule has 188 valence electrons. The highest BCUT2D eigenvalue weighted by atomic mass is 16.6. The van der Waals surface area contributed by atoms with Crippen LogP contribution >= 0.6 is 0 Å². The molecule has 1 spiro atoms. The maximum absolute atomic E-state index is 13.7. The summed E-state index contributed by atoms with van der Waals surface area (Å²) < 4.78 is 13.6. The molecule has 4 heteroatoms. The minimum Gasteiger partial charge on any atom is -0.455 e. The van der Waals surface area contributed by atoms with E-state index in [4.69, 9.17) is 9.47 Å². The van der Waals surface area contributed by atoms with Crippen LogP contribution in [0.25, 0.3) is 0 Å². The molecule has 7 rings (SSSR count). The second-order valence-electron chi connectivity index (χ2n) is 15.8. The van der Waals surface area contributed by atoms with E-state index in [0.717, 1.165) is 51.4 Å². The highest BCUT2D eigenvalue weighted by Crippen LogP contribution is 2.83. The number of carbonyl (C=O) groups excluding carboxylic acids is 2. The quantitative estimate of drug-likeness (QED) is 0.318. The Morgan fingerprint density at radius 1 is 0.824 bits per heavy atom. The molecule has 0 aromatic carbocycles. The lowest BCUT2D eigenvalue weighted by molar-refractivity contribution is -0.266. The number of hydrogen-bond donors (Lipinski definition) is 0. The van der Waals surface area contributed by atoms with Crippen molar-refractivity contribution in [3.05, 3.63) is 0 Å². The van der Waals surface area contributed by atoms with Crippen LogP contribution < -0.4 is 0 Å². The second kappa shape index (κ2) is 5.81. The predicted octanol–water partition coefficient (Wildman–Crippen LogP) is 6.10. The molecule has 10 atom stereocenters. The summed E-state index contributed by atoms with van der Waals surface area (Å²) >= 11 is 0. The highest BCUT2D eigenvalue weighted by Gasteiger charge is 2.89. The maximum Gasteiger partial charge on any atom is 0.313 e. The molecule has 2 aliphatic heterocycles. The number of carbonyl (C=O) groups is 2. The van der Waals surface area contributed by atoms with Gasteiger partial charge in [0.25, 0.3) is 0 Å². The molecule has 5 saturated carbocycles. The van der Waals surface area contributed by atoms with Crippen molar-refractivity contribution in [2.45, 2.75) is 124 Å². The third-order valence-corrected chi connectivity index (χ3v) is 14.0. The van der Waals surface area contributed by atoms with Gasteiger partial charge in [-0.1, -0.05) is 48.5 Å². The van der Waals surface area contributed by atoms with Gasteiger partial charge in [0.05, 0.1) is 11.5 Å². The van der Waals surface area contributed by atoms with E-state index in [1.165, 1.54) is 0 Å². The van der Waals surface area contributed by atoms with Crippen LogP contribution in [-0.4, -0.2) is 29.6 Å². The van der Waals surface area contributed by atoms with Gasteiger partial charge in [-0.3, -0.25) is 9.59 Å². The molecule has 7 fully saturated rings. The van der Waals surface area contributed by atoms with Gasteiger partial charge >= 0.3 is 5.97 Å². The zero-order chi connectivity index (χ0) is 24.3. The van der Waals surface area contributed by atoms with Crippen LogP contribution in [0.4, 0.5) is 0 Å². The molecule has 2 bridgehead atoms. The van der Waals surface area contributed by atoms with Crippen molar-refractivity contribution in [1.29, 1.82) is 0 Å². The molecule has 0 aromatic heterocycles. The second-order valence-corrected chi connectivity index (χ2v) is 15.8. The van der Waals surface area contributed by atoms with E-state index in [1.807, 2.05) is 0 Å². The van der Waals surface area contributed by atoms with E-state index in [9.17, 15) is 9.59 Å². The van der Waals surface area contributed by atoms with E-state index in [0.29, 0.717) is 24.0 Å². The molecule has 5 aliphatic carbocycles. The number of fused-ring (bicyclic) bond motifs is 6. The third-order valence-electron chi connectivity index (χ3n) is 14.0. The molecule has 0 aromatic rings. The summed E-state index contributed by atoms with van der Waals surface area (Å²) in [5, 5.41) is 0. The minimum absolute atomic E-state index is 0.0388. The normalized spacial score (nSPS) is 60.1. The van der Waals surface area contributed by atoms with Gasteiger partial charge in [-0.15, -0.1) is 0 Å². The predicted molar refractivity (Wildman–Crippen MR) is 129 cm³/mol. The summed E-state index contributed by atoms with van der Waals surface area (Å²) in [5.41, 5.74) is -0.720. The Kier molecular flexibility index (Phi) is 3.81. The van der Waals surface area contributed by atoms with Gasteiger partial charge in [0.1, 0.15) is 11.9 Å². The summed E-state index contributed by atoms with van der Waals surface area (Å²) in [4.78, 5) is 26.7. The Morgan fingerprint density at radius 3 is 2.26 bits per heavy atom. The molecule has 2 saturated heterocycles. The van der Waals surface area contributed by atoms with E-state index < -0.39 is 5.60 Å². The van der Waals surface area contributed by atoms with Crippen LogP contribution in [0, 0.1) is 50.2 Å². The Morgan fingerprint density at radius 2 is 1.53 bits per heavy atom. The topological polar surface area (TPSA) is 55.9 Å². The fourth-order valence-corrected chi connectivity index (χ4v) is 12.0. The van der Waals surface area contributed by atoms with Crippen molar-refractivity contribution in [2.24, 2.45) is 50.2 Å². The Labute approximate surface area is 205 Å². The highest BCUT2D eigenvalue weighted by molar-refractivity contribution is 5.85. The first-order valence-corrected chi connectivity index (χ1v) is 14.1. The number of hydrogen-bond acceptors (Lipinski definition) is 4. The molecule has 6 unspecified atom stereocenters. The molecule has 7 aliphatic rings. The fourth-order valence-electron chi connectivity index (χ4n) is 12.0. The lowest BCUT2D eigenvalue weighted by atomic mass is 9.31. The van der Waals surface area contributed by atoms with Gasteiger partial charge in [0, 0.05) is 23.2 Å². The van der Waals surface area contributed by atoms with Crippen LogP contribution in [-0.2, 0) is 19.1 Å². The lowest BCUT2D eigenvalue weighted by Crippen LogP contribution is -2.74. The Hall–Kier alpha value is -0.900. The zero-order valence-corrected chi connectivity index (χ0v) is 22.4. The molecule has 0 radical (unpaired) electrons. The van der Waals surface area contributed by atoms with Crippen LogP contribution in [0.3, 0.4) is 0 Å². The molecule has 2 heterocycles. The van der Waals surface area contributed by atoms with Crippen molar-refractivity contribution in [1.82, 2.24) is 0 Å². The molecule has 0 amide bonds. The third kappa shape index (κ3) is 2.05. The number of ether oxygens (including phenoxy) is 2. The summed E-state index contributed by atoms with van der Waals surface area (Å²) in [6.45, 7) is 16.7. The summed E-state index contributed by atoms with van der Waals surface area (Å²) in [7, 11) is 0. The van der Waals surface area contributed by atoms with E-state index in [2.05, 4.69) is 48.5 Å². The van der Waals surface area contributed by atoms with Crippen LogP contribution in [0.1, 0.15) is 106 Å². The van der Waals surface area contributed by atoms with Gasteiger partial charge in [-0.2, -0.15) is 0 Å². The van der Waals surface area contributed by atoms with Crippen molar-refractivity contribution < 1.29 is 19.1 Å². The molecule has 4 nitrogen and oxygen atoms in total. The largest absolute Gasteiger partial charge is 0.455 e. The standard InChI is InChI=1S/C30H44O4/c1-24(2)12-14-29-15-13-28(7)27(6)11-8-17-25(3,4)19(31)9-10-26(17,5)21(27)20-22(33-20)30(28,18(29)16-24)34-23(29)32/h17-18,20-22H,8-16H2,1-7H3/t17?,18?,20?,21?,22?,26-,27+,28?,29-,30+/m0/s1. The average molecular weight is 469 g/mol. The Bertz CT molecular complexity index is 1010. The zero-order valence-electron chi connectivity index (χ0n) is 22.4. The molecular weight excluding hydrogens is 424 g/mol. The summed E-state index contributed by atoms with van der Waals surface area (Å²) in [6.07, 6.45) is 9.31. The number of rotatable bonds is 0. The average Bonchev–Trinajstić information content (AvgIpc) is 3.49. The summed E-state index contributed by atoms with van der Waals surface area (Å²) in [5.74, 6) is 1.65. The number of ketones is 1. The van der Waals surface area contributed by atoms with E-state index in [-0.39, 0.29) is 56.6 Å². The van der Waals surface area contributed by atoms with Crippen molar-refractivity contribution in [3.8, 4) is 0 Å². The molecule has 34 heavy (non-hydrogen) atoms. The van der Waals surface area contributed by atoms with Crippen molar-refractivity contribution >= 4 is 11.8 Å². The smallest absolute Gasteiger partial charge is 0.313 e. The van der Waals surface area contributed by atoms with Crippen LogP contribution in [0.5, 0.6) is 0 Å². The number of epoxide rings is 1. The van der Waals surface area contributed by atoms with E-state index in [1.54, 1.807) is 0 Å². The van der Waals surface area contributed by atoms with Gasteiger partial charge in [0.15, 0.2) is 5.60 Å². The minimum atomic E-state index is -0.473. The molecular formula is C30H44O4. The summed E-state index contributed by atoms with van der Waals surface area (Å²) in [6, 6.07) is 0. The fraction of sp³-hybridized carbons (Fsp3) is 0.933. The lowest BCUT2D eigenvalue weighted by Gasteiger charge is -2.72. The van der Waals surface area contributed by atoms with Crippen molar-refractivity contribution in [2.75, 3.05) is 0 Å². The van der Waals surface area contributed by atoms with Crippen LogP contribution in [0.15, 0.2) is 0 Å². The molecule has 0 N–H and O–H groups in total. The maximum atomic E-state index is 13.7. The number of esters is 1. The first-order chi connectivity index (χ1) is 15.7. The van der Waals surface area contributed by atoms with Gasteiger partial charge < -0.3 is 9.47 Å². The van der Waals surface area contributed by atoms with Gasteiger partial charge in [-0.05, 0) is 79.4 Å². The first kappa shape index (κ1) is 22.3. The SMILES string of the molecule is CC1(C)CC[C@@]23CCC4(C)[C@](OC2=O)(C2OC2C2[C@@]5(C)CCC(=O)C(C)(C)C5CC[C@]24C)C3C1. The van der Waals surface area contributed by atoms with Crippen LogP contribution in [0.2, 0.25) is 0 Å².